The van der Waals surface area contributed by atoms with E-state index < -0.39 is 0 Å². The molecule has 3 saturated carbocycles. The fourth-order valence-electron chi connectivity index (χ4n) is 5.77. The average molecular weight is 395 g/mol. The lowest BCUT2D eigenvalue weighted by molar-refractivity contribution is -0.159. The summed E-state index contributed by atoms with van der Waals surface area (Å²) in [6, 6.07) is 12.8. The zero-order valence-electron chi connectivity index (χ0n) is 16.5. The minimum Gasteiger partial charge on any atom is -0.493 e. The van der Waals surface area contributed by atoms with Crippen molar-refractivity contribution in [3.63, 3.8) is 0 Å². The maximum atomic E-state index is 13.5. The number of hydrogen-bond donors (Lipinski definition) is 0. The predicted molar refractivity (Wildman–Crippen MR) is 107 cm³/mol. The van der Waals surface area contributed by atoms with E-state index in [0.717, 1.165) is 42.7 Å². The van der Waals surface area contributed by atoms with E-state index in [2.05, 4.69) is 4.90 Å². The molecule has 0 aromatic heterocycles. The molecule has 152 valence electrons. The number of hydrogen-bond acceptors (Lipinski definition) is 4. The Morgan fingerprint density at radius 2 is 1.83 bits per heavy atom. The molecule has 0 spiro atoms. The zero-order valence-corrected chi connectivity index (χ0v) is 16.5. The van der Waals surface area contributed by atoms with Crippen molar-refractivity contribution in [1.29, 1.82) is 0 Å². The molecule has 0 unspecified atom stereocenters. The Kier molecular flexibility index (Phi) is 4.02. The van der Waals surface area contributed by atoms with Crippen LogP contribution in [0.3, 0.4) is 0 Å². The van der Waals surface area contributed by atoms with Gasteiger partial charge < -0.3 is 14.2 Å². The second-order valence-electron chi connectivity index (χ2n) is 9.18. The molecule has 2 aromatic rings. The number of rotatable bonds is 5. The van der Waals surface area contributed by atoms with E-state index in [9.17, 15) is 4.39 Å². The topological polar surface area (TPSA) is 30.9 Å². The Morgan fingerprint density at radius 1 is 1.03 bits per heavy atom. The number of halogens is 1. The van der Waals surface area contributed by atoms with Crippen molar-refractivity contribution in [3.05, 3.63) is 53.8 Å². The number of piperidine rings is 1. The summed E-state index contributed by atoms with van der Waals surface area (Å²) in [4.78, 5) is 2.72. The summed E-state index contributed by atoms with van der Waals surface area (Å²) >= 11 is 0. The molecular weight excluding hydrogens is 369 g/mol. The third-order valence-corrected chi connectivity index (χ3v) is 7.52. The van der Waals surface area contributed by atoms with Gasteiger partial charge in [0.25, 0.3) is 0 Å². The van der Waals surface area contributed by atoms with E-state index in [4.69, 9.17) is 14.2 Å². The number of likely N-dealkylation sites (tertiary alicyclic amines) is 1. The summed E-state index contributed by atoms with van der Waals surface area (Å²) in [6.45, 7) is 3.11. The predicted octanol–water partition coefficient (Wildman–Crippen LogP) is 4.59. The Labute approximate surface area is 170 Å². The Hall–Kier alpha value is -2.27. The summed E-state index contributed by atoms with van der Waals surface area (Å²) in [5, 5.41) is 0. The fourth-order valence-corrected chi connectivity index (χ4v) is 5.77. The van der Waals surface area contributed by atoms with E-state index in [0.29, 0.717) is 24.0 Å². The maximum Gasteiger partial charge on any atom is 0.231 e. The van der Waals surface area contributed by atoms with Crippen LogP contribution in [0.15, 0.2) is 42.5 Å². The van der Waals surface area contributed by atoms with Crippen LogP contribution in [-0.4, -0.2) is 36.9 Å². The molecule has 1 saturated heterocycles. The lowest BCUT2D eigenvalue weighted by atomic mass is 9.48. The first-order valence-electron chi connectivity index (χ1n) is 10.7. The van der Waals surface area contributed by atoms with E-state index in [1.165, 1.54) is 24.8 Å². The molecule has 2 aliphatic heterocycles. The van der Waals surface area contributed by atoms with Gasteiger partial charge in [-0.2, -0.15) is 0 Å². The Bertz CT molecular complexity index is 898. The quantitative estimate of drug-likeness (QED) is 0.741. The van der Waals surface area contributed by atoms with Gasteiger partial charge in [-0.1, -0.05) is 12.1 Å². The molecule has 4 nitrogen and oxygen atoms in total. The van der Waals surface area contributed by atoms with E-state index >= 15 is 0 Å². The van der Waals surface area contributed by atoms with Crippen LogP contribution in [0.2, 0.25) is 0 Å². The molecule has 0 N–H and O–H groups in total. The first-order chi connectivity index (χ1) is 14.2. The maximum absolute atomic E-state index is 13.5. The van der Waals surface area contributed by atoms with Gasteiger partial charge >= 0.3 is 0 Å². The SMILES string of the molecule is Fc1ccc([C@@H]2CCN(C34CC(C3)C4)C[C@H]2COc2ccc3c(c2)OCO3)cc1. The van der Waals surface area contributed by atoms with Gasteiger partial charge in [-0.3, -0.25) is 4.90 Å². The molecule has 2 bridgehead atoms. The van der Waals surface area contributed by atoms with Gasteiger partial charge in [0.05, 0.1) is 6.61 Å². The first-order valence-corrected chi connectivity index (χ1v) is 10.7. The molecule has 5 aliphatic rings. The summed E-state index contributed by atoms with van der Waals surface area (Å²) in [7, 11) is 0. The Balaban J connectivity index is 1.20. The summed E-state index contributed by atoms with van der Waals surface area (Å²) < 4.78 is 30.6. The molecule has 4 fully saturated rings. The van der Waals surface area contributed by atoms with Gasteiger partial charge in [-0.15, -0.1) is 0 Å². The van der Waals surface area contributed by atoms with Crippen LogP contribution >= 0.6 is 0 Å². The van der Waals surface area contributed by atoms with Gasteiger partial charge in [-0.25, -0.2) is 4.39 Å². The number of fused-ring (bicyclic) bond motifs is 1. The third kappa shape index (κ3) is 2.98. The van der Waals surface area contributed by atoms with Crippen LogP contribution in [0.1, 0.15) is 37.2 Å². The van der Waals surface area contributed by atoms with Gasteiger partial charge in [0.1, 0.15) is 11.6 Å². The van der Waals surface area contributed by atoms with Crippen molar-refractivity contribution in [2.45, 2.75) is 37.1 Å². The fraction of sp³-hybridized carbons (Fsp3) is 0.500. The highest BCUT2D eigenvalue weighted by atomic mass is 19.1. The van der Waals surface area contributed by atoms with E-state index in [-0.39, 0.29) is 12.6 Å². The van der Waals surface area contributed by atoms with E-state index in [1.807, 2.05) is 30.3 Å². The first kappa shape index (κ1) is 17.6. The molecule has 29 heavy (non-hydrogen) atoms. The molecule has 0 radical (unpaired) electrons. The van der Waals surface area contributed by atoms with Crippen molar-refractivity contribution in [2.75, 3.05) is 26.5 Å². The van der Waals surface area contributed by atoms with Crippen molar-refractivity contribution >= 4 is 0 Å². The molecule has 5 heteroatoms. The van der Waals surface area contributed by atoms with Crippen LogP contribution in [0.4, 0.5) is 4.39 Å². The van der Waals surface area contributed by atoms with Gasteiger partial charge in [0, 0.05) is 24.1 Å². The van der Waals surface area contributed by atoms with Crippen LogP contribution in [0.5, 0.6) is 17.2 Å². The lowest BCUT2D eigenvalue weighted by Crippen LogP contribution is -2.70. The molecule has 2 heterocycles. The van der Waals surface area contributed by atoms with Crippen LogP contribution < -0.4 is 14.2 Å². The second-order valence-corrected chi connectivity index (χ2v) is 9.18. The average Bonchev–Trinajstić information content (AvgIpc) is 3.13. The van der Waals surface area contributed by atoms with Crippen LogP contribution in [0.25, 0.3) is 0 Å². The smallest absolute Gasteiger partial charge is 0.231 e. The minimum atomic E-state index is -0.173. The minimum absolute atomic E-state index is 0.173. The standard InChI is InChI=1S/C24H26FNO3/c25-19-3-1-17(2-4-19)21-7-8-26(24-10-16(11-24)12-24)13-18(21)14-27-20-5-6-22-23(9-20)29-15-28-22/h1-6,9,16,18,21H,7-8,10-15H2/t16?,18-,21-,24?/m0/s1. The molecule has 3 aliphatic carbocycles. The van der Waals surface area contributed by atoms with E-state index in [1.54, 1.807) is 12.1 Å². The lowest BCUT2D eigenvalue weighted by Gasteiger charge is -2.68. The molecule has 7 rings (SSSR count). The van der Waals surface area contributed by atoms with Crippen LogP contribution in [-0.2, 0) is 0 Å². The van der Waals surface area contributed by atoms with Gasteiger partial charge in [0.15, 0.2) is 11.5 Å². The normalized spacial score (nSPS) is 32.4. The van der Waals surface area contributed by atoms with Gasteiger partial charge in [-0.05, 0) is 73.9 Å². The highest BCUT2D eigenvalue weighted by Crippen LogP contribution is 2.61. The van der Waals surface area contributed by atoms with Crippen molar-refractivity contribution < 1.29 is 18.6 Å². The number of ether oxygens (including phenoxy) is 3. The Morgan fingerprint density at radius 3 is 2.59 bits per heavy atom. The highest BCUT2D eigenvalue weighted by molar-refractivity contribution is 5.46. The van der Waals surface area contributed by atoms with Gasteiger partial charge in [0.2, 0.25) is 6.79 Å². The molecule has 2 aromatic carbocycles. The number of benzene rings is 2. The van der Waals surface area contributed by atoms with Crippen molar-refractivity contribution in [3.8, 4) is 17.2 Å². The second kappa shape index (κ2) is 6.63. The summed E-state index contributed by atoms with van der Waals surface area (Å²) in [6.07, 6.45) is 5.24. The highest BCUT2D eigenvalue weighted by Gasteiger charge is 2.60. The summed E-state index contributed by atoms with van der Waals surface area (Å²) in [5.41, 5.74) is 1.71. The zero-order chi connectivity index (χ0) is 19.4. The molecular formula is C24H26FNO3. The third-order valence-electron chi connectivity index (χ3n) is 7.52. The monoisotopic (exact) mass is 395 g/mol. The van der Waals surface area contributed by atoms with Crippen LogP contribution in [0, 0.1) is 17.7 Å². The molecule has 0 amide bonds. The molecule has 2 atom stereocenters. The largest absolute Gasteiger partial charge is 0.493 e. The summed E-state index contributed by atoms with van der Waals surface area (Å²) in [5.74, 6) is 3.92. The van der Waals surface area contributed by atoms with Crippen molar-refractivity contribution in [1.82, 2.24) is 4.90 Å². The number of nitrogens with zero attached hydrogens (tertiary/aromatic N) is 1. The van der Waals surface area contributed by atoms with Crippen molar-refractivity contribution in [2.24, 2.45) is 11.8 Å².